The highest BCUT2D eigenvalue weighted by Crippen LogP contribution is 2.21. The second-order valence-electron chi connectivity index (χ2n) is 4.36. The number of sulfone groups is 1. The predicted octanol–water partition coefficient (Wildman–Crippen LogP) is 1.32. The first-order valence-corrected chi connectivity index (χ1v) is 7.59. The number of para-hydroxylation sites is 1. The lowest BCUT2D eigenvalue weighted by Crippen LogP contribution is -2.23. The van der Waals surface area contributed by atoms with E-state index in [9.17, 15) is 23.3 Å². The zero-order valence-corrected chi connectivity index (χ0v) is 11.9. The van der Waals surface area contributed by atoms with Crippen LogP contribution in [0.3, 0.4) is 0 Å². The van der Waals surface area contributed by atoms with Crippen molar-refractivity contribution in [3.05, 3.63) is 39.9 Å². The molecule has 0 spiro atoms. The lowest BCUT2D eigenvalue weighted by atomic mass is 10.2. The zero-order chi connectivity index (χ0) is 15.3. The van der Waals surface area contributed by atoms with Crippen LogP contribution in [0.25, 0.3) is 0 Å². The molecule has 0 aliphatic carbocycles. The Labute approximate surface area is 116 Å². The highest BCUT2D eigenvalue weighted by Gasteiger charge is 2.25. The first kappa shape index (κ1) is 16.1. The van der Waals surface area contributed by atoms with Crippen molar-refractivity contribution in [3.8, 4) is 0 Å². The Morgan fingerprint density at radius 2 is 2.00 bits per heavy atom. The Morgan fingerprint density at radius 3 is 2.55 bits per heavy atom. The van der Waals surface area contributed by atoms with Crippen LogP contribution in [0, 0.1) is 16.0 Å². The van der Waals surface area contributed by atoms with Crippen LogP contribution in [0.2, 0.25) is 0 Å². The monoisotopic (exact) mass is 301 g/mol. The summed E-state index contributed by atoms with van der Waals surface area (Å²) in [7, 11) is -2.48. The molecule has 1 atom stereocenters. The van der Waals surface area contributed by atoms with Crippen LogP contribution in [0.1, 0.15) is 12.5 Å². The van der Waals surface area contributed by atoms with Crippen LogP contribution < -0.4 is 0 Å². The lowest BCUT2D eigenvalue weighted by Gasteiger charge is -2.10. The Kier molecular flexibility index (Phi) is 5.20. The summed E-state index contributed by atoms with van der Waals surface area (Å²) in [6.45, 7) is 1.43. The van der Waals surface area contributed by atoms with Gasteiger partial charge in [0.1, 0.15) is 0 Å². The second kappa shape index (κ2) is 6.47. The maximum atomic E-state index is 12.0. The zero-order valence-electron chi connectivity index (χ0n) is 11.1. The molecule has 0 aliphatic heterocycles. The van der Waals surface area contributed by atoms with E-state index in [4.69, 9.17) is 0 Å². The molecule has 0 aliphatic rings. The van der Waals surface area contributed by atoms with Gasteiger partial charge in [0.05, 0.1) is 29.5 Å². The van der Waals surface area contributed by atoms with Gasteiger partial charge in [0, 0.05) is 11.6 Å². The van der Waals surface area contributed by atoms with Crippen LogP contribution in [-0.4, -0.2) is 32.2 Å². The van der Waals surface area contributed by atoms with Gasteiger partial charge in [-0.3, -0.25) is 14.9 Å². The first-order valence-electron chi connectivity index (χ1n) is 5.77. The van der Waals surface area contributed by atoms with Crippen molar-refractivity contribution in [1.82, 2.24) is 0 Å². The Morgan fingerprint density at radius 1 is 1.40 bits per heavy atom. The molecule has 1 rings (SSSR count). The van der Waals surface area contributed by atoms with E-state index in [1.807, 2.05) is 0 Å². The van der Waals surface area contributed by atoms with E-state index in [2.05, 4.69) is 4.74 Å². The third kappa shape index (κ3) is 4.30. The van der Waals surface area contributed by atoms with Crippen molar-refractivity contribution >= 4 is 21.5 Å². The van der Waals surface area contributed by atoms with E-state index in [0.717, 1.165) is 0 Å². The van der Waals surface area contributed by atoms with Gasteiger partial charge in [0.2, 0.25) is 0 Å². The van der Waals surface area contributed by atoms with E-state index in [0.29, 0.717) is 0 Å². The number of nitrogens with zero attached hydrogens (tertiary/aromatic N) is 1. The van der Waals surface area contributed by atoms with E-state index in [1.54, 1.807) is 0 Å². The molecule has 1 aromatic rings. The number of hydrogen-bond donors (Lipinski definition) is 0. The molecule has 1 unspecified atom stereocenters. The second-order valence-corrected chi connectivity index (χ2v) is 6.47. The van der Waals surface area contributed by atoms with Gasteiger partial charge in [-0.2, -0.15) is 0 Å². The lowest BCUT2D eigenvalue weighted by molar-refractivity contribution is -0.385. The van der Waals surface area contributed by atoms with Crippen molar-refractivity contribution in [1.29, 1.82) is 0 Å². The maximum Gasteiger partial charge on any atom is 0.309 e. The highest BCUT2D eigenvalue weighted by atomic mass is 32.2. The summed E-state index contributed by atoms with van der Waals surface area (Å²) in [6.07, 6.45) is 0. The Hall–Kier alpha value is -1.96. The minimum Gasteiger partial charge on any atom is -0.469 e. The summed E-state index contributed by atoms with van der Waals surface area (Å²) in [5.74, 6) is -2.33. The molecule has 8 heteroatoms. The number of carbonyl (C=O) groups excluding carboxylic acids is 1. The Balaban J connectivity index is 2.92. The van der Waals surface area contributed by atoms with Crippen molar-refractivity contribution in [3.63, 3.8) is 0 Å². The number of nitro benzene ring substituents is 1. The standard InChI is InChI=1S/C12H15NO6S/c1-9(12(14)19-2)7-20(17,18)8-10-5-3-4-6-11(10)13(15)16/h3-6,9H,7-8H2,1-2H3. The number of benzene rings is 1. The number of ether oxygens (including phenoxy) is 1. The molecule has 7 nitrogen and oxygen atoms in total. The number of carbonyl (C=O) groups is 1. The van der Waals surface area contributed by atoms with Gasteiger partial charge in [-0.25, -0.2) is 8.42 Å². The molecule has 110 valence electrons. The summed E-state index contributed by atoms with van der Waals surface area (Å²) in [4.78, 5) is 21.4. The fourth-order valence-electron chi connectivity index (χ4n) is 1.76. The highest BCUT2D eigenvalue weighted by molar-refractivity contribution is 7.90. The predicted molar refractivity (Wildman–Crippen MR) is 71.8 cm³/mol. The number of rotatable bonds is 6. The quantitative estimate of drug-likeness (QED) is 0.446. The largest absolute Gasteiger partial charge is 0.469 e. The topological polar surface area (TPSA) is 104 Å². The SMILES string of the molecule is COC(=O)C(C)CS(=O)(=O)Cc1ccccc1[N+](=O)[O-]. The average molecular weight is 301 g/mol. The number of esters is 1. The van der Waals surface area contributed by atoms with Crippen LogP contribution in [0.4, 0.5) is 5.69 Å². The van der Waals surface area contributed by atoms with Crippen LogP contribution >= 0.6 is 0 Å². The van der Waals surface area contributed by atoms with Gasteiger partial charge in [-0.15, -0.1) is 0 Å². The minimum absolute atomic E-state index is 0.106. The summed E-state index contributed by atoms with van der Waals surface area (Å²) in [5.41, 5.74) is -0.142. The first-order chi connectivity index (χ1) is 9.26. The van der Waals surface area contributed by atoms with E-state index in [1.165, 1.54) is 38.3 Å². The molecule has 0 fully saturated rings. The fourth-order valence-corrected chi connectivity index (χ4v) is 3.49. The normalized spacial score (nSPS) is 12.7. The molecule has 0 N–H and O–H groups in total. The number of nitro groups is 1. The van der Waals surface area contributed by atoms with Gasteiger partial charge >= 0.3 is 5.97 Å². The van der Waals surface area contributed by atoms with E-state index in [-0.39, 0.29) is 11.3 Å². The van der Waals surface area contributed by atoms with E-state index >= 15 is 0 Å². The summed E-state index contributed by atoms with van der Waals surface area (Å²) in [6, 6.07) is 5.62. The molecule has 1 aromatic carbocycles. The van der Waals surface area contributed by atoms with Crippen LogP contribution in [0.15, 0.2) is 24.3 Å². The molecule has 0 saturated carbocycles. The molecule has 0 aromatic heterocycles. The van der Waals surface area contributed by atoms with Crippen molar-refractivity contribution in [2.24, 2.45) is 5.92 Å². The molecule has 0 heterocycles. The number of methoxy groups -OCH3 is 1. The molecule has 0 saturated heterocycles. The molecule has 0 amide bonds. The molecule has 0 bridgehead atoms. The fraction of sp³-hybridized carbons (Fsp3) is 0.417. The maximum absolute atomic E-state index is 12.0. The average Bonchev–Trinajstić information content (AvgIpc) is 2.36. The summed E-state index contributed by atoms with van der Waals surface area (Å²) < 4.78 is 28.4. The van der Waals surface area contributed by atoms with Gasteiger partial charge in [-0.1, -0.05) is 25.1 Å². The van der Waals surface area contributed by atoms with Crippen molar-refractivity contribution < 1.29 is 22.9 Å². The van der Waals surface area contributed by atoms with Crippen LogP contribution in [-0.2, 0) is 25.1 Å². The number of hydrogen-bond acceptors (Lipinski definition) is 6. The minimum atomic E-state index is -3.65. The molecular formula is C12H15NO6S. The molecule has 20 heavy (non-hydrogen) atoms. The van der Waals surface area contributed by atoms with Gasteiger partial charge in [0.15, 0.2) is 9.84 Å². The van der Waals surface area contributed by atoms with Crippen molar-refractivity contribution in [2.45, 2.75) is 12.7 Å². The Bertz CT molecular complexity index is 610. The van der Waals surface area contributed by atoms with Gasteiger partial charge < -0.3 is 4.74 Å². The summed E-state index contributed by atoms with van der Waals surface area (Å²) >= 11 is 0. The van der Waals surface area contributed by atoms with E-state index < -0.39 is 38.2 Å². The van der Waals surface area contributed by atoms with Crippen molar-refractivity contribution in [2.75, 3.05) is 12.9 Å². The molecule has 0 radical (unpaired) electrons. The van der Waals surface area contributed by atoms with Gasteiger partial charge in [0.25, 0.3) is 5.69 Å². The smallest absolute Gasteiger partial charge is 0.309 e. The van der Waals surface area contributed by atoms with Gasteiger partial charge in [-0.05, 0) is 0 Å². The third-order valence-electron chi connectivity index (χ3n) is 2.67. The molecular weight excluding hydrogens is 286 g/mol. The van der Waals surface area contributed by atoms with Crippen LogP contribution in [0.5, 0.6) is 0 Å². The third-order valence-corrected chi connectivity index (χ3v) is 4.43. The summed E-state index contributed by atoms with van der Waals surface area (Å²) in [5, 5.41) is 10.8.